The molecule has 24 aliphatic carbocycles. The van der Waals surface area contributed by atoms with Gasteiger partial charge in [0.15, 0.2) is 0 Å². The third kappa shape index (κ3) is 13.5. The first-order valence-corrected chi connectivity index (χ1v) is 52.4. The van der Waals surface area contributed by atoms with Gasteiger partial charge in [-0.05, 0) is 491 Å². The van der Waals surface area contributed by atoms with Gasteiger partial charge in [0.2, 0.25) is 0 Å². The molecule has 0 spiro atoms. The van der Waals surface area contributed by atoms with Crippen molar-refractivity contribution >= 4 is 0 Å². The van der Waals surface area contributed by atoms with Crippen LogP contribution in [0, 0.1) is 102 Å². The smallest absolute Gasteiger partial charge is 0.0243 e. The molecule has 3 nitrogen and oxygen atoms in total. The van der Waals surface area contributed by atoms with Crippen molar-refractivity contribution in [2.24, 2.45) is 102 Å². The molecule has 27 fully saturated rings. The summed E-state index contributed by atoms with van der Waals surface area (Å²) in [6.07, 6.45) is 60.6. The molecule has 3 saturated heterocycles. The zero-order valence-corrected chi connectivity index (χ0v) is 77.4. The molecule has 8 unspecified atom stereocenters. The Morgan fingerprint density at radius 1 is 0.197 bits per heavy atom. The van der Waals surface area contributed by atoms with Crippen molar-refractivity contribution in [1.29, 1.82) is 0 Å². The Balaban J connectivity index is 0.000000101. The Labute approximate surface area is 739 Å². The number of hydrogen-bond donors (Lipinski definition) is 3. The number of hydrogen-bond acceptors (Lipinski definition) is 3. The Morgan fingerprint density at radius 3 is 0.516 bits per heavy atom. The topological polar surface area (TPSA) is 36.1 Å². The van der Waals surface area contributed by atoms with Crippen LogP contribution in [0.4, 0.5) is 0 Å². The van der Waals surface area contributed by atoms with E-state index < -0.39 is 0 Å². The molecule has 0 amide bonds. The first-order chi connectivity index (χ1) is 58.6. The maximum atomic E-state index is 3.92. The van der Waals surface area contributed by atoms with Crippen molar-refractivity contribution in [3.63, 3.8) is 0 Å². The predicted octanol–water partition coefficient (Wildman–Crippen LogP) is 28.6. The summed E-state index contributed by atoms with van der Waals surface area (Å²) >= 11 is 0. The average molecular weight is 1630 g/mol. The second-order valence-corrected chi connectivity index (χ2v) is 54.3. The van der Waals surface area contributed by atoms with Crippen molar-refractivity contribution in [2.45, 2.75) is 393 Å². The minimum Gasteiger partial charge on any atom is -0.313 e. The van der Waals surface area contributed by atoms with Gasteiger partial charge in [-0.25, -0.2) is 0 Å². The standard InChI is InChI=1S/2C41H55N.C37H47N/c2*1-36-16-28-17-37(2,22-36)25-40(20-28,24-36)32-11-7-30(8-12-32)35(34-6-5-15-42-34)31-9-13-33(14-10-31)41-21-29-18-38(3,26-41)23-39(4,19-29)27-41;1-2-34(38-11-1)35(30-3-7-32(8-4-30)36-18-24-12-25(19-36)14-26(13-24)20-36)31-5-9-33(10-6-31)37-21-27-15-28(22-37)17-29(16-27)23-37/h2*7-14,28-29,34-35,42H,5-6,15-27H2,1-4H3;3-10,24-29,34-35,38H,1-2,11-23H2/t2*28?,29?,34-,35?,36?,37?,38?,39?,40?,41?;24?,25?,26?,27?,28?,29?,34-,35?,36?,37?/m100/s1. The van der Waals surface area contributed by atoms with Crippen LogP contribution in [-0.2, 0) is 32.5 Å². The lowest BCUT2D eigenvalue weighted by atomic mass is 9.39. The fourth-order valence-corrected chi connectivity index (χ4v) is 43.2. The number of nitrogens with one attached hydrogen (secondary N) is 3. The van der Waals surface area contributed by atoms with Crippen molar-refractivity contribution in [2.75, 3.05) is 19.6 Å². The monoisotopic (exact) mass is 1630 g/mol. The van der Waals surface area contributed by atoms with Crippen molar-refractivity contribution in [3.05, 3.63) is 212 Å². The van der Waals surface area contributed by atoms with Gasteiger partial charge in [0, 0.05) is 35.9 Å². The highest BCUT2D eigenvalue weighted by atomic mass is 15.0. The lowest BCUT2D eigenvalue weighted by Crippen LogP contribution is -2.56. The van der Waals surface area contributed by atoms with Gasteiger partial charge in [-0.15, -0.1) is 0 Å². The minimum absolute atomic E-state index is 0.426. The highest BCUT2D eigenvalue weighted by Gasteiger charge is 2.66. The summed E-state index contributed by atoms with van der Waals surface area (Å²) in [5, 5.41) is 11.7. The summed E-state index contributed by atoms with van der Waals surface area (Å²) < 4.78 is 0. The molecular weight excluding hydrogens is 1470 g/mol. The molecule has 6 aromatic carbocycles. The van der Waals surface area contributed by atoms with E-state index in [9.17, 15) is 0 Å². The Morgan fingerprint density at radius 2 is 0.361 bits per heavy atom. The van der Waals surface area contributed by atoms with Crippen LogP contribution in [-0.4, -0.2) is 37.8 Å². The maximum Gasteiger partial charge on any atom is 0.0243 e. The molecule has 33 rings (SSSR count). The SMILES string of the molecule is CC12CC3CC(C)(C1)CC(c1ccc(C(c4ccc(C56CC7CC(C)(CC(C)(C7)C5)C6)cc4)[C@@H]4CCCN4)cc1)(C3)C2.CC12CC3CC(C)(C1)CC(c1ccc(C(c4ccc(C56CC7CC(C)(CC(C)(C7)C5)C6)cc4)[C@H]4CCCN4)cc1)(C3)C2.c1cc(C23CC4CC(CC(C4)C2)C3)ccc1C(c1ccc(C23CC4CC(CC(C4)C2)C3)cc1)[C@@H]1CCCN1. The normalized spacial score (nSPS) is 47.9. The summed E-state index contributed by atoms with van der Waals surface area (Å²) in [6, 6.07) is 63.3. The van der Waals surface area contributed by atoms with Crippen LogP contribution in [0.15, 0.2) is 146 Å². The van der Waals surface area contributed by atoms with Gasteiger partial charge in [-0.3, -0.25) is 0 Å². The van der Waals surface area contributed by atoms with Gasteiger partial charge >= 0.3 is 0 Å². The second-order valence-electron chi connectivity index (χ2n) is 54.3. The van der Waals surface area contributed by atoms with E-state index in [0.717, 1.165) is 59.2 Å². The van der Waals surface area contributed by atoms with Crippen LogP contribution in [0.3, 0.4) is 0 Å². The average Bonchev–Trinajstić information content (AvgIpc) is 0.765. The van der Waals surface area contributed by atoms with Crippen LogP contribution >= 0.6 is 0 Å². The van der Waals surface area contributed by atoms with E-state index in [4.69, 9.17) is 0 Å². The Bertz CT molecular complexity index is 4270. The molecule has 0 aromatic heterocycles. The molecule has 3 N–H and O–H groups in total. The molecule has 0 radical (unpaired) electrons. The van der Waals surface area contributed by atoms with E-state index in [1.165, 1.54) is 312 Å². The molecule has 3 aliphatic heterocycles. The minimum atomic E-state index is 0.426. The van der Waals surface area contributed by atoms with E-state index in [0.29, 0.717) is 112 Å². The molecule has 24 bridgehead atoms. The van der Waals surface area contributed by atoms with Gasteiger partial charge < -0.3 is 16.0 Å². The summed E-state index contributed by atoms with van der Waals surface area (Å²) in [6.45, 7) is 24.5. The summed E-state index contributed by atoms with van der Waals surface area (Å²) in [5.74, 6) is 11.3. The quantitative estimate of drug-likeness (QED) is 0.0959. The summed E-state index contributed by atoms with van der Waals surface area (Å²) in [7, 11) is 0. The summed E-state index contributed by atoms with van der Waals surface area (Å²) in [5.41, 5.74) is 26.4. The third-order valence-electron chi connectivity index (χ3n) is 42.4. The van der Waals surface area contributed by atoms with Crippen LogP contribution in [0.5, 0.6) is 0 Å². The Kier molecular flexibility index (Phi) is 18.1. The van der Waals surface area contributed by atoms with Crippen molar-refractivity contribution in [3.8, 4) is 0 Å². The molecule has 648 valence electrons. The Hall–Kier alpha value is -4.80. The molecule has 27 aliphatic rings. The molecule has 3 heterocycles. The van der Waals surface area contributed by atoms with Crippen molar-refractivity contribution < 1.29 is 0 Å². The van der Waals surface area contributed by atoms with Gasteiger partial charge in [0.25, 0.3) is 0 Å². The molecule has 11 atom stereocenters. The van der Waals surface area contributed by atoms with E-state index in [2.05, 4.69) is 217 Å². The zero-order chi connectivity index (χ0) is 82.1. The van der Waals surface area contributed by atoms with E-state index in [-0.39, 0.29) is 0 Å². The zero-order valence-electron chi connectivity index (χ0n) is 77.4. The maximum absolute atomic E-state index is 3.92. The van der Waals surface area contributed by atoms with E-state index in [1.807, 2.05) is 0 Å². The molecule has 24 saturated carbocycles. The number of benzene rings is 6. The van der Waals surface area contributed by atoms with Crippen molar-refractivity contribution in [1.82, 2.24) is 16.0 Å². The van der Waals surface area contributed by atoms with Crippen LogP contribution in [0.2, 0.25) is 0 Å². The molecule has 3 heteroatoms. The molecular formula is C119H157N3. The van der Waals surface area contributed by atoms with Crippen LogP contribution < -0.4 is 16.0 Å². The molecule has 6 aromatic rings. The highest BCUT2D eigenvalue weighted by Crippen LogP contribution is 2.75. The lowest BCUT2D eigenvalue weighted by Gasteiger charge is -2.65. The van der Waals surface area contributed by atoms with Gasteiger partial charge in [-0.2, -0.15) is 0 Å². The van der Waals surface area contributed by atoms with E-state index >= 15 is 0 Å². The van der Waals surface area contributed by atoms with Crippen LogP contribution in [0.25, 0.3) is 0 Å². The summed E-state index contributed by atoms with van der Waals surface area (Å²) in [4.78, 5) is 0. The van der Waals surface area contributed by atoms with E-state index in [1.54, 1.807) is 44.5 Å². The van der Waals surface area contributed by atoms with Gasteiger partial charge in [0.1, 0.15) is 0 Å². The first-order valence-electron chi connectivity index (χ1n) is 52.4. The van der Waals surface area contributed by atoms with Gasteiger partial charge in [0.05, 0.1) is 0 Å². The third-order valence-corrected chi connectivity index (χ3v) is 42.4. The molecule has 122 heavy (non-hydrogen) atoms. The highest BCUT2D eigenvalue weighted by molar-refractivity contribution is 5.48. The lowest BCUT2D eigenvalue weighted by molar-refractivity contribution is -0.110. The fraction of sp³-hybridized carbons (Fsp3) is 0.697. The number of rotatable bonds is 15. The second kappa shape index (κ2) is 27.9. The van der Waals surface area contributed by atoms with Crippen LogP contribution in [0.1, 0.15) is 410 Å². The fourth-order valence-electron chi connectivity index (χ4n) is 43.2. The van der Waals surface area contributed by atoms with Gasteiger partial charge in [-0.1, -0.05) is 201 Å². The largest absolute Gasteiger partial charge is 0.313 e. The predicted molar refractivity (Wildman–Crippen MR) is 503 cm³/mol. The first kappa shape index (κ1) is 79.4.